The molecule has 118 valence electrons. The minimum atomic E-state index is -0.771. The zero-order chi connectivity index (χ0) is 16.0. The van der Waals surface area contributed by atoms with Gasteiger partial charge in [-0.1, -0.05) is 81.8 Å². The molecular formula is C21H28O. The van der Waals surface area contributed by atoms with Gasteiger partial charge in [0.05, 0.1) is 5.60 Å². The SMILES string of the molecule is CCCC(O)(Cc1ccccc1)c1ccc(CC(C)C)cc1. The molecule has 1 unspecified atom stereocenters. The van der Waals surface area contributed by atoms with Crippen LogP contribution < -0.4 is 0 Å². The lowest BCUT2D eigenvalue weighted by Gasteiger charge is -2.29. The molecule has 0 aromatic heterocycles. The molecule has 0 bridgehead atoms. The third-order valence-electron chi connectivity index (χ3n) is 4.14. The molecule has 0 spiro atoms. The molecule has 1 N–H and O–H groups in total. The van der Waals surface area contributed by atoms with E-state index in [1.807, 2.05) is 18.2 Å². The van der Waals surface area contributed by atoms with E-state index in [4.69, 9.17) is 0 Å². The molecule has 22 heavy (non-hydrogen) atoms. The van der Waals surface area contributed by atoms with E-state index in [0.717, 1.165) is 24.8 Å². The number of aliphatic hydroxyl groups is 1. The molecule has 0 amide bonds. The minimum absolute atomic E-state index is 0.657. The Kier molecular flexibility index (Phi) is 5.79. The van der Waals surface area contributed by atoms with Crippen molar-refractivity contribution in [1.29, 1.82) is 0 Å². The van der Waals surface area contributed by atoms with Crippen LogP contribution in [0.1, 0.15) is 50.3 Å². The molecule has 0 aliphatic carbocycles. The maximum atomic E-state index is 11.2. The first-order chi connectivity index (χ1) is 10.5. The van der Waals surface area contributed by atoms with Gasteiger partial charge in [-0.05, 0) is 35.4 Å². The van der Waals surface area contributed by atoms with E-state index in [9.17, 15) is 5.11 Å². The fourth-order valence-corrected chi connectivity index (χ4v) is 3.10. The topological polar surface area (TPSA) is 20.2 Å². The van der Waals surface area contributed by atoms with Crippen molar-refractivity contribution in [3.63, 3.8) is 0 Å². The van der Waals surface area contributed by atoms with E-state index in [2.05, 4.69) is 57.2 Å². The zero-order valence-corrected chi connectivity index (χ0v) is 14.0. The highest BCUT2D eigenvalue weighted by molar-refractivity contribution is 5.30. The number of benzene rings is 2. The summed E-state index contributed by atoms with van der Waals surface area (Å²) >= 11 is 0. The largest absolute Gasteiger partial charge is 0.385 e. The quantitative estimate of drug-likeness (QED) is 0.752. The van der Waals surface area contributed by atoms with Gasteiger partial charge < -0.3 is 5.11 Å². The van der Waals surface area contributed by atoms with Gasteiger partial charge in [-0.3, -0.25) is 0 Å². The molecule has 0 fully saturated rings. The average Bonchev–Trinajstić information content (AvgIpc) is 2.48. The van der Waals surface area contributed by atoms with E-state index in [1.54, 1.807) is 0 Å². The zero-order valence-electron chi connectivity index (χ0n) is 14.0. The van der Waals surface area contributed by atoms with Crippen LogP contribution in [0.5, 0.6) is 0 Å². The van der Waals surface area contributed by atoms with Crippen molar-refractivity contribution >= 4 is 0 Å². The first-order valence-electron chi connectivity index (χ1n) is 8.39. The van der Waals surface area contributed by atoms with Gasteiger partial charge in [0.15, 0.2) is 0 Å². The first-order valence-corrected chi connectivity index (χ1v) is 8.39. The van der Waals surface area contributed by atoms with Crippen molar-refractivity contribution in [2.45, 2.75) is 52.1 Å². The minimum Gasteiger partial charge on any atom is -0.385 e. The molecule has 0 saturated heterocycles. The van der Waals surface area contributed by atoms with Crippen molar-refractivity contribution < 1.29 is 5.11 Å². The Bertz CT molecular complexity index is 556. The van der Waals surface area contributed by atoms with Crippen molar-refractivity contribution in [2.75, 3.05) is 0 Å². The number of hydrogen-bond donors (Lipinski definition) is 1. The van der Waals surface area contributed by atoms with Gasteiger partial charge in [-0.15, -0.1) is 0 Å². The van der Waals surface area contributed by atoms with Crippen LogP contribution in [-0.2, 0) is 18.4 Å². The molecule has 0 aliphatic heterocycles. The maximum absolute atomic E-state index is 11.2. The summed E-state index contributed by atoms with van der Waals surface area (Å²) in [4.78, 5) is 0. The second-order valence-corrected chi connectivity index (χ2v) is 6.74. The fourth-order valence-electron chi connectivity index (χ4n) is 3.10. The summed E-state index contributed by atoms with van der Waals surface area (Å²) in [6.07, 6.45) is 3.51. The Morgan fingerprint density at radius 2 is 1.55 bits per heavy atom. The lowest BCUT2D eigenvalue weighted by molar-refractivity contribution is 0.0269. The fraction of sp³-hybridized carbons (Fsp3) is 0.429. The van der Waals surface area contributed by atoms with E-state index in [0.29, 0.717) is 12.3 Å². The normalized spacial score (nSPS) is 14.0. The van der Waals surface area contributed by atoms with Crippen molar-refractivity contribution in [3.05, 3.63) is 71.3 Å². The summed E-state index contributed by atoms with van der Waals surface area (Å²) < 4.78 is 0. The van der Waals surface area contributed by atoms with Gasteiger partial charge >= 0.3 is 0 Å². The summed E-state index contributed by atoms with van der Waals surface area (Å²) in [7, 11) is 0. The van der Waals surface area contributed by atoms with Crippen LogP contribution in [0, 0.1) is 5.92 Å². The molecular weight excluding hydrogens is 268 g/mol. The third kappa shape index (κ3) is 4.45. The van der Waals surface area contributed by atoms with Crippen molar-refractivity contribution in [3.8, 4) is 0 Å². The Morgan fingerprint density at radius 3 is 2.09 bits per heavy atom. The molecule has 0 aliphatic rings. The number of hydrogen-bond acceptors (Lipinski definition) is 1. The van der Waals surface area contributed by atoms with Crippen LogP contribution in [0.25, 0.3) is 0 Å². The second kappa shape index (κ2) is 7.60. The Labute approximate surface area is 135 Å². The molecule has 2 aromatic rings. The monoisotopic (exact) mass is 296 g/mol. The summed E-state index contributed by atoms with van der Waals surface area (Å²) in [5.74, 6) is 0.657. The molecule has 0 heterocycles. The average molecular weight is 296 g/mol. The summed E-state index contributed by atoms with van der Waals surface area (Å²) in [5, 5.41) is 11.2. The van der Waals surface area contributed by atoms with Gasteiger partial charge in [0.1, 0.15) is 0 Å². The Hall–Kier alpha value is -1.60. The molecule has 0 radical (unpaired) electrons. The van der Waals surface area contributed by atoms with Crippen LogP contribution in [0.15, 0.2) is 54.6 Å². The van der Waals surface area contributed by atoms with Crippen LogP contribution in [0.2, 0.25) is 0 Å². The predicted octanol–water partition coefficient (Wildman–Crippen LogP) is 5.12. The highest BCUT2D eigenvalue weighted by Crippen LogP contribution is 2.31. The standard InChI is InChI=1S/C21H28O/c1-4-14-21(22,16-19-8-6-5-7-9-19)20-12-10-18(11-13-20)15-17(2)3/h5-13,17,22H,4,14-16H2,1-3H3. The Balaban J connectivity index is 2.22. The van der Waals surface area contributed by atoms with Crippen molar-refractivity contribution in [1.82, 2.24) is 0 Å². The summed E-state index contributed by atoms with van der Waals surface area (Å²) in [6, 6.07) is 18.8. The molecule has 1 heteroatoms. The molecule has 0 saturated carbocycles. The van der Waals surface area contributed by atoms with Gasteiger partial charge in [-0.25, -0.2) is 0 Å². The van der Waals surface area contributed by atoms with Gasteiger partial charge in [0, 0.05) is 6.42 Å². The third-order valence-corrected chi connectivity index (χ3v) is 4.14. The molecule has 2 rings (SSSR count). The van der Waals surface area contributed by atoms with Crippen LogP contribution in [-0.4, -0.2) is 5.11 Å². The van der Waals surface area contributed by atoms with Crippen LogP contribution >= 0.6 is 0 Å². The van der Waals surface area contributed by atoms with E-state index >= 15 is 0 Å². The maximum Gasteiger partial charge on any atom is 0.0936 e. The van der Waals surface area contributed by atoms with E-state index in [1.165, 1.54) is 11.1 Å². The Morgan fingerprint density at radius 1 is 0.909 bits per heavy atom. The van der Waals surface area contributed by atoms with Gasteiger partial charge in [-0.2, -0.15) is 0 Å². The van der Waals surface area contributed by atoms with Gasteiger partial charge in [0.2, 0.25) is 0 Å². The van der Waals surface area contributed by atoms with E-state index in [-0.39, 0.29) is 0 Å². The highest BCUT2D eigenvalue weighted by Gasteiger charge is 2.28. The van der Waals surface area contributed by atoms with E-state index < -0.39 is 5.60 Å². The van der Waals surface area contributed by atoms with Crippen molar-refractivity contribution in [2.24, 2.45) is 5.92 Å². The summed E-state index contributed by atoms with van der Waals surface area (Å²) in [5.41, 5.74) is 2.79. The second-order valence-electron chi connectivity index (χ2n) is 6.74. The molecule has 1 atom stereocenters. The van der Waals surface area contributed by atoms with Gasteiger partial charge in [0.25, 0.3) is 0 Å². The smallest absolute Gasteiger partial charge is 0.0936 e. The predicted molar refractivity (Wildman–Crippen MR) is 93.9 cm³/mol. The first kappa shape index (κ1) is 16.8. The molecule has 1 nitrogen and oxygen atoms in total. The van der Waals surface area contributed by atoms with Crippen LogP contribution in [0.4, 0.5) is 0 Å². The lowest BCUT2D eigenvalue weighted by atomic mass is 9.83. The molecule has 2 aromatic carbocycles. The van der Waals surface area contributed by atoms with Crippen LogP contribution in [0.3, 0.4) is 0 Å². The summed E-state index contributed by atoms with van der Waals surface area (Å²) in [6.45, 7) is 6.59. The lowest BCUT2D eigenvalue weighted by Crippen LogP contribution is -2.28. The highest BCUT2D eigenvalue weighted by atomic mass is 16.3. The number of rotatable bonds is 7.